The first kappa shape index (κ1) is 19.6. The Labute approximate surface area is 158 Å². The van der Waals surface area contributed by atoms with Crippen LogP contribution in [0, 0.1) is 25.1 Å². The van der Waals surface area contributed by atoms with Gasteiger partial charge in [0.15, 0.2) is 9.84 Å². The first-order valence-electron chi connectivity index (χ1n) is 8.57. The first-order chi connectivity index (χ1) is 12.5. The number of benzene rings is 1. The largest absolute Gasteiger partial charge is 0.380 e. The number of carbonyl (C=O) groups is 1. The van der Waals surface area contributed by atoms with Crippen molar-refractivity contribution in [3.05, 3.63) is 47.0 Å². The molecular formula is C19H23FN2O4S. The molecule has 146 valence electrons. The molecule has 27 heavy (non-hydrogen) atoms. The number of amides is 1. The molecule has 1 aliphatic heterocycles. The number of halogens is 1. The number of anilines is 1. The van der Waals surface area contributed by atoms with Crippen LogP contribution in [0.5, 0.6) is 0 Å². The standard InChI is InChI=1S/C19H23FN2O4S/c1-12-7-14(5-6-15(12)20)21-18(23)16-8-17(13(2)22(16)4)27(24,25)11-19(3)9-26-10-19/h5-8H,9-11H2,1-4H3,(H,21,23). The highest BCUT2D eigenvalue weighted by atomic mass is 32.2. The van der Waals surface area contributed by atoms with Crippen LogP contribution in [0.25, 0.3) is 0 Å². The van der Waals surface area contributed by atoms with Gasteiger partial charge in [-0.3, -0.25) is 4.79 Å². The average Bonchev–Trinajstić information content (AvgIpc) is 2.86. The molecule has 1 aromatic carbocycles. The van der Waals surface area contributed by atoms with E-state index in [2.05, 4.69) is 5.32 Å². The van der Waals surface area contributed by atoms with Crippen LogP contribution < -0.4 is 5.32 Å². The van der Waals surface area contributed by atoms with Gasteiger partial charge in [-0.1, -0.05) is 6.92 Å². The number of aromatic nitrogens is 1. The third kappa shape index (κ3) is 3.77. The van der Waals surface area contributed by atoms with Crippen LogP contribution >= 0.6 is 0 Å². The molecule has 2 heterocycles. The Morgan fingerprint density at radius 3 is 2.52 bits per heavy atom. The van der Waals surface area contributed by atoms with E-state index in [1.165, 1.54) is 24.3 Å². The summed E-state index contributed by atoms with van der Waals surface area (Å²) in [5, 5.41) is 2.69. The first-order valence-corrected chi connectivity index (χ1v) is 10.2. The molecule has 0 bridgehead atoms. The second kappa shape index (κ2) is 6.76. The number of aryl methyl sites for hydroxylation is 1. The Hall–Kier alpha value is -2.19. The van der Waals surface area contributed by atoms with Crippen molar-refractivity contribution in [1.29, 1.82) is 0 Å². The van der Waals surface area contributed by atoms with Crippen LogP contribution in [-0.4, -0.2) is 37.9 Å². The van der Waals surface area contributed by atoms with Crippen molar-refractivity contribution < 1.29 is 22.3 Å². The van der Waals surface area contributed by atoms with E-state index < -0.39 is 21.2 Å². The zero-order chi connectivity index (χ0) is 20.0. The van der Waals surface area contributed by atoms with Gasteiger partial charge in [-0.25, -0.2) is 12.8 Å². The van der Waals surface area contributed by atoms with Gasteiger partial charge >= 0.3 is 0 Å². The summed E-state index contributed by atoms with van der Waals surface area (Å²) in [7, 11) is -1.91. The minimum absolute atomic E-state index is 0.0247. The van der Waals surface area contributed by atoms with Gasteiger partial charge in [-0.2, -0.15) is 0 Å². The van der Waals surface area contributed by atoms with E-state index in [4.69, 9.17) is 4.74 Å². The van der Waals surface area contributed by atoms with Crippen molar-refractivity contribution in [2.75, 3.05) is 24.3 Å². The van der Waals surface area contributed by atoms with Crippen LogP contribution in [-0.2, 0) is 21.6 Å². The van der Waals surface area contributed by atoms with Gasteiger partial charge in [0.1, 0.15) is 11.5 Å². The maximum Gasteiger partial charge on any atom is 0.272 e. The molecule has 3 rings (SSSR count). The van der Waals surface area contributed by atoms with Gasteiger partial charge < -0.3 is 14.6 Å². The molecule has 1 saturated heterocycles. The lowest BCUT2D eigenvalue weighted by molar-refractivity contribution is -0.0870. The SMILES string of the molecule is Cc1cc(NC(=O)c2cc(S(=O)(=O)CC3(C)COC3)c(C)n2C)ccc1F. The van der Waals surface area contributed by atoms with Crippen molar-refractivity contribution in [3.8, 4) is 0 Å². The van der Waals surface area contributed by atoms with Gasteiger partial charge in [0.25, 0.3) is 5.91 Å². The number of sulfone groups is 1. The lowest BCUT2D eigenvalue weighted by atomic mass is 9.92. The predicted octanol–water partition coefficient (Wildman–Crippen LogP) is 2.84. The topological polar surface area (TPSA) is 77.4 Å². The number of nitrogens with zero attached hydrogens (tertiary/aromatic N) is 1. The van der Waals surface area contributed by atoms with Crippen LogP contribution in [0.1, 0.15) is 28.7 Å². The Balaban J connectivity index is 1.87. The molecule has 0 unspecified atom stereocenters. The summed E-state index contributed by atoms with van der Waals surface area (Å²) in [6.45, 7) is 5.97. The minimum atomic E-state index is -3.56. The van der Waals surface area contributed by atoms with E-state index in [1.54, 1.807) is 25.5 Å². The summed E-state index contributed by atoms with van der Waals surface area (Å²) >= 11 is 0. The highest BCUT2D eigenvalue weighted by Gasteiger charge is 2.39. The molecule has 1 aromatic heterocycles. The van der Waals surface area contributed by atoms with E-state index in [0.29, 0.717) is 30.2 Å². The quantitative estimate of drug-likeness (QED) is 0.846. The molecule has 0 radical (unpaired) electrons. The molecular weight excluding hydrogens is 371 g/mol. The molecule has 0 spiro atoms. The molecule has 0 atom stereocenters. The Morgan fingerprint density at radius 2 is 1.96 bits per heavy atom. The summed E-state index contributed by atoms with van der Waals surface area (Å²) in [5.41, 5.74) is 1.19. The van der Waals surface area contributed by atoms with Gasteiger partial charge in [-0.15, -0.1) is 0 Å². The average molecular weight is 394 g/mol. The Morgan fingerprint density at radius 1 is 1.30 bits per heavy atom. The Bertz CT molecular complexity index is 1010. The number of hydrogen-bond acceptors (Lipinski definition) is 4. The fourth-order valence-electron chi connectivity index (χ4n) is 3.19. The number of ether oxygens (including phenoxy) is 1. The van der Waals surface area contributed by atoms with E-state index in [9.17, 15) is 17.6 Å². The zero-order valence-electron chi connectivity index (χ0n) is 15.8. The van der Waals surface area contributed by atoms with E-state index in [0.717, 1.165) is 0 Å². The fraction of sp³-hybridized carbons (Fsp3) is 0.421. The number of nitrogens with one attached hydrogen (secondary N) is 1. The number of carbonyl (C=O) groups excluding carboxylic acids is 1. The van der Waals surface area contributed by atoms with E-state index >= 15 is 0 Å². The maximum absolute atomic E-state index is 13.4. The van der Waals surface area contributed by atoms with Crippen LogP contribution in [0.15, 0.2) is 29.2 Å². The third-order valence-electron chi connectivity index (χ3n) is 4.91. The van der Waals surface area contributed by atoms with Crippen LogP contribution in [0.2, 0.25) is 0 Å². The molecule has 1 fully saturated rings. The monoisotopic (exact) mass is 394 g/mol. The summed E-state index contributed by atoms with van der Waals surface area (Å²) in [5.74, 6) is -0.834. The third-order valence-corrected chi connectivity index (χ3v) is 7.07. The van der Waals surface area contributed by atoms with Crippen molar-refractivity contribution in [1.82, 2.24) is 4.57 Å². The summed E-state index contributed by atoms with van der Waals surface area (Å²) < 4.78 is 45.8. The predicted molar refractivity (Wildman–Crippen MR) is 100 cm³/mol. The highest BCUT2D eigenvalue weighted by Crippen LogP contribution is 2.32. The lowest BCUT2D eigenvalue weighted by Crippen LogP contribution is -2.45. The molecule has 8 heteroatoms. The second-order valence-corrected chi connectivity index (χ2v) is 9.48. The number of hydrogen-bond donors (Lipinski definition) is 1. The molecule has 2 aromatic rings. The van der Waals surface area contributed by atoms with Crippen molar-refractivity contribution in [2.45, 2.75) is 25.7 Å². The molecule has 1 aliphatic rings. The molecule has 0 aliphatic carbocycles. The number of rotatable bonds is 5. The van der Waals surface area contributed by atoms with Crippen LogP contribution in [0.4, 0.5) is 10.1 Å². The van der Waals surface area contributed by atoms with Gasteiger partial charge in [-0.05, 0) is 43.7 Å². The summed E-state index contributed by atoms with van der Waals surface area (Å²) in [4.78, 5) is 12.8. The van der Waals surface area contributed by atoms with Crippen molar-refractivity contribution >= 4 is 21.4 Å². The smallest absolute Gasteiger partial charge is 0.272 e. The molecule has 1 N–H and O–H groups in total. The maximum atomic E-state index is 13.4. The second-order valence-electron chi connectivity index (χ2n) is 7.52. The summed E-state index contributed by atoms with van der Waals surface area (Å²) in [6, 6.07) is 5.67. The van der Waals surface area contributed by atoms with Crippen molar-refractivity contribution in [2.24, 2.45) is 12.5 Å². The normalized spacial score (nSPS) is 16.0. The Kier molecular flexibility index (Phi) is 4.90. The summed E-state index contributed by atoms with van der Waals surface area (Å²) in [6.07, 6.45) is 0. The molecule has 1 amide bonds. The van der Waals surface area contributed by atoms with Gasteiger partial charge in [0.2, 0.25) is 0 Å². The van der Waals surface area contributed by atoms with E-state index in [-0.39, 0.29) is 22.2 Å². The fourth-order valence-corrected chi connectivity index (χ4v) is 5.31. The molecule has 0 saturated carbocycles. The minimum Gasteiger partial charge on any atom is -0.380 e. The highest BCUT2D eigenvalue weighted by molar-refractivity contribution is 7.91. The van der Waals surface area contributed by atoms with Crippen molar-refractivity contribution in [3.63, 3.8) is 0 Å². The van der Waals surface area contributed by atoms with Gasteiger partial charge in [0, 0.05) is 23.8 Å². The molecule has 6 nitrogen and oxygen atoms in total. The van der Waals surface area contributed by atoms with E-state index in [1.807, 2.05) is 6.92 Å². The van der Waals surface area contributed by atoms with Gasteiger partial charge in [0.05, 0.1) is 23.9 Å². The lowest BCUT2D eigenvalue weighted by Gasteiger charge is -2.37. The zero-order valence-corrected chi connectivity index (χ0v) is 16.6. The van der Waals surface area contributed by atoms with Crippen LogP contribution in [0.3, 0.4) is 0 Å².